The van der Waals surface area contributed by atoms with Gasteiger partial charge in [-0.2, -0.15) is 0 Å². The maximum Gasteiger partial charge on any atom is 0.295 e. The van der Waals surface area contributed by atoms with Gasteiger partial charge >= 0.3 is 0 Å². The van der Waals surface area contributed by atoms with Gasteiger partial charge in [-0.25, -0.2) is 0 Å². The number of aliphatic hydroxyl groups is 1. The summed E-state index contributed by atoms with van der Waals surface area (Å²) >= 11 is 0. The van der Waals surface area contributed by atoms with Crippen molar-refractivity contribution in [3.05, 3.63) is 70.8 Å². The van der Waals surface area contributed by atoms with Crippen LogP contribution in [0.4, 0.5) is 0 Å². The average Bonchev–Trinajstić information content (AvgIpc) is 2.98. The Morgan fingerprint density at radius 2 is 1.83 bits per heavy atom. The molecule has 1 saturated heterocycles. The van der Waals surface area contributed by atoms with Crippen LogP contribution >= 0.6 is 0 Å². The summed E-state index contributed by atoms with van der Waals surface area (Å²) in [5.41, 5.74) is 2.25. The Kier molecular flexibility index (Phi) is 6.57. The molecule has 0 saturated carbocycles. The van der Waals surface area contributed by atoms with Crippen molar-refractivity contribution in [3.63, 3.8) is 0 Å². The van der Waals surface area contributed by atoms with Gasteiger partial charge in [0.15, 0.2) is 0 Å². The molecule has 1 fully saturated rings. The van der Waals surface area contributed by atoms with Crippen molar-refractivity contribution in [2.75, 3.05) is 33.8 Å². The van der Waals surface area contributed by atoms with E-state index in [1.54, 1.807) is 23.1 Å². The molecule has 0 radical (unpaired) electrons. The molecule has 3 rings (SSSR count). The minimum atomic E-state index is -0.661. The normalized spacial score (nSPS) is 18.3. The van der Waals surface area contributed by atoms with Gasteiger partial charge in [0, 0.05) is 18.7 Å². The number of Topliss-reactive ketones (excluding diaryl/α,β-unsaturated/α-hetero) is 1. The van der Waals surface area contributed by atoms with Crippen LogP contribution in [0.5, 0.6) is 5.75 Å². The Bertz CT molecular complexity index is 966. The van der Waals surface area contributed by atoms with E-state index < -0.39 is 17.7 Å². The van der Waals surface area contributed by atoms with Crippen molar-refractivity contribution >= 4 is 17.4 Å². The summed E-state index contributed by atoms with van der Waals surface area (Å²) in [5, 5.41) is 11.1. The van der Waals surface area contributed by atoms with Gasteiger partial charge in [-0.15, -0.1) is 0 Å². The van der Waals surface area contributed by atoms with Gasteiger partial charge in [-0.3, -0.25) is 9.59 Å². The van der Waals surface area contributed by atoms with Crippen molar-refractivity contribution in [2.45, 2.75) is 19.9 Å². The van der Waals surface area contributed by atoms with E-state index in [0.29, 0.717) is 25.3 Å². The van der Waals surface area contributed by atoms with Crippen molar-refractivity contribution in [3.8, 4) is 5.75 Å². The zero-order chi connectivity index (χ0) is 21.8. The first kappa shape index (κ1) is 21.6. The minimum Gasteiger partial charge on any atom is -0.507 e. The van der Waals surface area contributed by atoms with Crippen molar-refractivity contribution in [2.24, 2.45) is 0 Å². The van der Waals surface area contributed by atoms with Crippen LogP contribution in [0, 0.1) is 6.92 Å². The fourth-order valence-electron chi connectivity index (χ4n) is 3.67. The number of hydrogen-bond donors (Lipinski definition) is 1. The lowest BCUT2D eigenvalue weighted by Gasteiger charge is -2.26. The molecule has 1 atom stereocenters. The first-order valence-corrected chi connectivity index (χ1v) is 10.1. The standard InChI is InChI=1S/C24H28N2O4/c1-5-30-19-12-11-18(15-16(19)2)22(27)20-21(17-9-7-6-8-10-17)26(14-13-25(3)4)24(29)23(20)28/h6-12,15,21,27H,5,13-14H2,1-4H3/t21-/m0/s1. The summed E-state index contributed by atoms with van der Waals surface area (Å²) in [5.74, 6) is -0.692. The number of carbonyl (C=O) groups is 2. The number of likely N-dealkylation sites (tertiary alicyclic amines) is 1. The van der Waals surface area contributed by atoms with Crippen LogP contribution in [0.3, 0.4) is 0 Å². The fourth-order valence-corrected chi connectivity index (χ4v) is 3.67. The van der Waals surface area contributed by atoms with Gasteiger partial charge in [0.25, 0.3) is 11.7 Å². The summed E-state index contributed by atoms with van der Waals surface area (Å²) in [6.07, 6.45) is 0. The van der Waals surface area contributed by atoms with E-state index in [0.717, 1.165) is 16.9 Å². The zero-order valence-electron chi connectivity index (χ0n) is 17.9. The monoisotopic (exact) mass is 408 g/mol. The number of carbonyl (C=O) groups excluding carboxylic acids is 2. The lowest BCUT2D eigenvalue weighted by molar-refractivity contribution is -0.140. The number of ether oxygens (including phenoxy) is 1. The zero-order valence-corrected chi connectivity index (χ0v) is 17.9. The molecule has 1 amide bonds. The van der Waals surface area contributed by atoms with Gasteiger partial charge < -0.3 is 19.6 Å². The molecule has 1 N–H and O–H groups in total. The van der Waals surface area contributed by atoms with E-state index in [1.807, 2.05) is 63.2 Å². The van der Waals surface area contributed by atoms with Gasteiger partial charge in [-0.05, 0) is 57.3 Å². The third kappa shape index (κ3) is 4.24. The predicted octanol–water partition coefficient (Wildman–Crippen LogP) is 3.38. The molecule has 2 aromatic carbocycles. The van der Waals surface area contributed by atoms with Crippen LogP contribution in [0.1, 0.15) is 29.7 Å². The van der Waals surface area contributed by atoms with Crippen LogP contribution in [-0.4, -0.2) is 60.4 Å². The first-order valence-electron chi connectivity index (χ1n) is 10.1. The van der Waals surface area contributed by atoms with Gasteiger partial charge in [0.2, 0.25) is 0 Å². The first-order chi connectivity index (χ1) is 14.3. The molecule has 158 valence electrons. The quantitative estimate of drug-likeness (QED) is 0.432. The van der Waals surface area contributed by atoms with E-state index in [2.05, 4.69) is 0 Å². The molecule has 0 aromatic heterocycles. The largest absolute Gasteiger partial charge is 0.507 e. The molecule has 1 heterocycles. The van der Waals surface area contributed by atoms with Gasteiger partial charge in [0.05, 0.1) is 18.2 Å². The molecule has 6 nitrogen and oxygen atoms in total. The lowest BCUT2D eigenvalue weighted by Crippen LogP contribution is -2.35. The average molecular weight is 408 g/mol. The lowest BCUT2D eigenvalue weighted by atomic mass is 9.95. The summed E-state index contributed by atoms with van der Waals surface area (Å²) in [4.78, 5) is 29.3. The molecule has 2 aromatic rings. The highest BCUT2D eigenvalue weighted by atomic mass is 16.5. The molecule has 0 unspecified atom stereocenters. The number of rotatable bonds is 7. The molecule has 1 aliphatic rings. The number of ketones is 1. The predicted molar refractivity (Wildman–Crippen MR) is 116 cm³/mol. The molecule has 0 spiro atoms. The smallest absolute Gasteiger partial charge is 0.295 e. The molecule has 30 heavy (non-hydrogen) atoms. The van der Waals surface area contributed by atoms with E-state index in [1.165, 1.54) is 0 Å². The number of amides is 1. The summed E-state index contributed by atoms with van der Waals surface area (Å²) < 4.78 is 5.57. The minimum absolute atomic E-state index is 0.119. The number of nitrogens with zero attached hydrogens (tertiary/aromatic N) is 2. The number of aryl methyl sites for hydroxylation is 1. The number of likely N-dealkylation sites (N-methyl/N-ethyl adjacent to an activating group) is 1. The fraction of sp³-hybridized carbons (Fsp3) is 0.333. The topological polar surface area (TPSA) is 70.1 Å². The Morgan fingerprint density at radius 1 is 1.13 bits per heavy atom. The number of benzene rings is 2. The van der Waals surface area contributed by atoms with Crippen molar-refractivity contribution in [1.29, 1.82) is 0 Å². The third-order valence-corrected chi connectivity index (χ3v) is 5.19. The van der Waals surface area contributed by atoms with Crippen LogP contribution in [0.25, 0.3) is 5.76 Å². The summed E-state index contributed by atoms with van der Waals surface area (Å²) in [7, 11) is 3.83. The van der Waals surface area contributed by atoms with Crippen LogP contribution in [-0.2, 0) is 9.59 Å². The van der Waals surface area contributed by atoms with Crippen LogP contribution in [0.2, 0.25) is 0 Å². The van der Waals surface area contributed by atoms with Gasteiger partial charge in [-0.1, -0.05) is 30.3 Å². The maximum atomic E-state index is 13.0. The summed E-state index contributed by atoms with van der Waals surface area (Å²) in [6, 6.07) is 14.0. The number of aliphatic hydroxyl groups excluding tert-OH is 1. The Hall–Kier alpha value is -3.12. The maximum absolute atomic E-state index is 13.0. The molecular weight excluding hydrogens is 380 g/mol. The molecule has 0 aliphatic carbocycles. The molecular formula is C24H28N2O4. The second-order valence-electron chi connectivity index (χ2n) is 7.62. The van der Waals surface area contributed by atoms with E-state index >= 15 is 0 Å². The number of hydrogen-bond acceptors (Lipinski definition) is 5. The van der Waals surface area contributed by atoms with Crippen LogP contribution < -0.4 is 4.74 Å². The molecule has 6 heteroatoms. The Balaban J connectivity index is 2.10. The second kappa shape index (κ2) is 9.13. The SMILES string of the molecule is CCOc1ccc(C(O)=C2C(=O)C(=O)N(CCN(C)C)[C@H]2c2ccccc2)cc1C. The molecule has 1 aliphatic heterocycles. The second-order valence-corrected chi connectivity index (χ2v) is 7.62. The van der Waals surface area contributed by atoms with Crippen molar-refractivity contribution in [1.82, 2.24) is 9.80 Å². The Labute approximate surface area is 177 Å². The van der Waals surface area contributed by atoms with E-state index in [4.69, 9.17) is 4.74 Å². The van der Waals surface area contributed by atoms with E-state index in [-0.39, 0.29) is 11.3 Å². The van der Waals surface area contributed by atoms with Crippen molar-refractivity contribution < 1.29 is 19.4 Å². The highest BCUT2D eigenvalue weighted by Gasteiger charge is 2.45. The third-order valence-electron chi connectivity index (χ3n) is 5.19. The van der Waals surface area contributed by atoms with Crippen LogP contribution in [0.15, 0.2) is 54.1 Å². The summed E-state index contributed by atoms with van der Waals surface area (Å²) in [6.45, 7) is 5.32. The van der Waals surface area contributed by atoms with E-state index in [9.17, 15) is 14.7 Å². The highest BCUT2D eigenvalue weighted by molar-refractivity contribution is 6.46. The Morgan fingerprint density at radius 3 is 2.43 bits per heavy atom. The van der Waals surface area contributed by atoms with Gasteiger partial charge in [0.1, 0.15) is 11.5 Å². The molecule has 0 bridgehead atoms. The highest BCUT2D eigenvalue weighted by Crippen LogP contribution is 2.39.